The van der Waals surface area contributed by atoms with Crippen molar-refractivity contribution >= 4 is 47.0 Å². The Labute approximate surface area is 285 Å². The van der Waals surface area contributed by atoms with E-state index in [4.69, 9.17) is 43.4 Å². The second-order valence-corrected chi connectivity index (χ2v) is 13.9. The molecule has 0 bridgehead atoms. The van der Waals surface area contributed by atoms with E-state index in [0.29, 0.717) is 57.6 Å². The summed E-state index contributed by atoms with van der Waals surface area (Å²) in [5.74, 6) is -0.453. The van der Waals surface area contributed by atoms with Crippen molar-refractivity contribution in [1.82, 2.24) is 20.2 Å². The Balaban J connectivity index is 1.28. The van der Waals surface area contributed by atoms with Gasteiger partial charge in [-0.05, 0) is 102 Å². The van der Waals surface area contributed by atoms with Crippen LogP contribution in [-0.4, -0.2) is 63.2 Å². The molecule has 250 valence electrons. The molecular weight excluding hydrogens is 641 g/mol. The van der Waals surface area contributed by atoms with Gasteiger partial charge in [0, 0.05) is 33.8 Å². The van der Waals surface area contributed by atoms with Gasteiger partial charge in [0.25, 0.3) is 5.91 Å². The van der Waals surface area contributed by atoms with Gasteiger partial charge in [0.05, 0.1) is 17.6 Å². The van der Waals surface area contributed by atoms with Gasteiger partial charge in [-0.2, -0.15) is 0 Å². The summed E-state index contributed by atoms with van der Waals surface area (Å²) >= 11 is 12.7. The minimum atomic E-state index is -0.861. The Morgan fingerprint density at radius 2 is 1.72 bits per heavy atom. The second kappa shape index (κ2) is 14.9. The average Bonchev–Trinajstić information content (AvgIpc) is 3.54. The highest BCUT2D eigenvalue weighted by Crippen LogP contribution is 2.28. The zero-order valence-corrected chi connectivity index (χ0v) is 28.4. The molecule has 0 spiro atoms. The number of nitrogens with two attached hydrogens (primary N) is 1. The smallest absolute Gasteiger partial charge is 0.411 e. The van der Waals surface area contributed by atoms with Crippen molar-refractivity contribution < 1.29 is 23.9 Å². The van der Waals surface area contributed by atoms with E-state index in [-0.39, 0.29) is 31.0 Å². The summed E-state index contributed by atoms with van der Waals surface area (Å²) in [4.78, 5) is 50.4. The summed E-state index contributed by atoms with van der Waals surface area (Å²) < 4.78 is 11.4. The SMILES string of the molecule is CC(C)(C)OC(=O)N1CCC(NC(=O)c2cccc(-c3cnc(N)c(CCc4c(Cl)cccc4Cl)n3)c2)C[C@@H]1C(=O)OC1CCCC1. The minimum absolute atomic E-state index is 0.147. The standard InChI is InChI=1S/C35H41Cl2N5O5/c1-35(2,3)47-34(45)42-17-16-23(19-30(42)33(44)46-24-10-4-5-11-24)40-32(43)22-9-6-8-21(18-22)29-20-39-31(38)28(41-29)15-14-25-26(36)12-7-13-27(25)37/h6-9,12-13,18,20,23-24,30H,4-5,10-11,14-17,19H2,1-3H3,(H2,38,39)(H,40,43)/t23?,30-/m1/s1. The zero-order chi connectivity index (χ0) is 33.7. The van der Waals surface area contributed by atoms with Gasteiger partial charge in [0.2, 0.25) is 0 Å². The summed E-state index contributed by atoms with van der Waals surface area (Å²) in [7, 11) is 0. The maximum atomic E-state index is 13.5. The maximum Gasteiger partial charge on any atom is 0.411 e. The first-order valence-corrected chi connectivity index (χ1v) is 16.8. The molecule has 12 heteroatoms. The fraction of sp³-hybridized carbons (Fsp3) is 0.457. The number of ether oxygens (including phenoxy) is 2. The molecule has 2 fully saturated rings. The lowest BCUT2D eigenvalue weighted by Gasteiger charge is -2.39. The van der Waals surface area contributed by atoms with Gasteiger partial charge in [-0.15, -0.1) is 0 Å². The third-order valence-corrected chi connectivity index (χ3v) is 9.10. The zero-order valence-electron chi connectivity index (χ0n) is 26.9. The normalized spacial score (nSPS) is 18.5. The molecule has 2 aromatic carbocycles. The van der Waals surface area contributed by atoms with Crippen LogP contribution in [0.2, 0.25) is 10.0 Å². The molecule has 0 radical (unpaired) electrons. The van der Waals surface area contributed by atoms with Gasteiger partial charge < -0.3 is 20.5 Å². The summed E-state index contributed by atoms with van der Waals surface area (Å²) in [6.07, 6.45) is 6.20. The Morgan fingerprint density at radius 3 is 2.43 bits per heavy atom. The number of likely N-dealkylation sites (tertiary alicyclic amines) is 1. The van der Waals surface area contributed by atoms with Crippen molar-refractivity contribution in [2.75, 3.05) is 12.3 Å². The second-order valence-electron chi connectivity index (χ2n) is 13.1. The number of benzene rings is 2. The molecule has 1 aromatic heterocycles. The Morgan fingerprint density at radius 1 is 1.02 bits per heavy atom. The first-order chi connectivity index (χ1) is 22.4. The van der Waals surface area contributed by atoms with Crippen LogP contribution >= 0.6 is 23.2 Å². The number of carbonyl (C=O) groups excluding carboxylic acids is 3. The van der Waals surface area contributed by atoms with Gasteiger partial charge in [-0.1, -0.05) is 41.4 Å². The van der Waals surface area contributed by atoms with Crippen molar-refractivity contribution in [3.63, 3.8) is 0 Å². The van der Waals surface area contributed by atoms with Crippen LogP contribution in [0.25, 0.3) is 11.3 Å². The molecule has 5 rings (SSSR count). The number of halogens is 2. The fourth-order valence-electron chi connectivity index (χ4n) is 5.97. The lowest BCUT2D eigenvalue weighted by Crippen LogP contribution is -2.56. The number of aromatic nitrogens is 2. The minimum Gasteiger partial charge on any atom is -0.461 e. The molecule has 3 aromatic rings. The molecule has 2 heterocycles. The molecule has 1 aliphatic heterocycles. The number of rotatable bonds is 8. The lowest BCUT2D eigenvalue weighted by molar-refractivity contribution is -0.156. The first-order valence-electron chi connectivity index (χ1n) is 16.0. The average molecular weight is 683 g/mol. The molecule has 2 aliphatic rings. The van der Waals surface area contributed by atoms with E-state index in [1.165, 1.54) is 4.90 Å². The number of hydrogen-bond donors (Lipinski definition) is 2. The quantitative estimate of drug-likeness (QED) is 0.248. The number of nitrogen functional groups attached to an aromatic ring is 1. The fourth-order valence-corrected chi connectivity index (χ4v) is 6.56. The molecule has 1 saturated carbocycles. The predicted octanol–water partition coefficient (Wildman–Crippen LogP) is 6.80. The largest absolute Gasteiger partial charge is 0.461 e. The number of nitrogens with one attached hydrogen (secondary N) is 1. The highest BCUT2D eigenvalue weighted by molar-refractivity contribution is 6.36. The molecule has 2 amide bonds. The van der Waals surface area contributed by atoms with Gasteiger partial charge in [0.15, 0.2) is 0 Å². The van der Waals surface area contributed by atoms with Crippen LogP contribution in [0.1, 0.15) is 80.9 Å². The van der Waals surface area contributed by atoms with Gasteiger partial charge >= 0.3 is 12.1 Å². The first kappa shape index (κ1) is 34.4. The van der Waals surface area contributed by atoms with Crippen LogP contribution in [-0.2, 0) is 27.1 Å². The predicted molar refractivity (Wildman–Crippen MR) is 181 cm³/mol. The number of nitrogens with zero attached hydrogens (tertiary/aromatic N) is 3. The summed E-state index contributed by atoms with van der Waals surface area (Å²) in [5, 5.41) is 4.21. The van der Waals surface area contributed by atoms with Gasteiger partial charge in [0.1, 0.15) is 23.6 Å². The Bertz CT molecular complexity index is 1600. The number of carbonyl (C=O) groups is 3. The number of amides is 2. The molecule has 47 heavy (non-hydrogen) atoms. The Hall–Kier alpha value is -3.89. The molecule has 1 saturated heterocycles. The van der Waals surface area contributed by atoms with Crippen molar-refractivity contribution in [2.24, 2.45) is 0 Å². The van der Waals surface area contributed by atoms with E-state index in [2.05, 4.69) is 10.3 Å². The van der Waals surface area contributed by atoms with Crippen LogP contribution in [0.5, 0.6) is 0 Å². The number of piperidine rings is 1. The third kappa shape index (κ3) is 8.93. The molecule has 3 N–H and O–H groups in total. The third-order valence-electron chi connectivity index (χ3n) is 8.39. The molecule has 1 aliphatic carbocycles. The van der Waals surface area contributed by atoms with Crippen molar-refractivity contribution in [3.8, 4) is 11.3 Å². The highest BCUT2D eigenvalue weighted by Gasteiger charge is 2.40. The van der Waals surface area contributed by atoms with Crippen LogP contribution in [0.15, 0.2) is 48.7 Å². The van der Waals surface area contributed by atoms with Crippen LogP contribution < -0.4 is 11.1 Å². The molecule has 1 unspecified atom stereocenters. The highest BCUT2D eigenvalue weighted by atomic mass is 35.5. The number of aryl methyl sites for hydroxylation is 1. The summed E-state index contributed by atoms with van der Waals surface area (Å²) in [5.41, 5.74) is 8.53. The van der Waals surface area contributed by atoms with E-state index in [9.17, 15) is 14.4 Å². The van der Waals surface area contributed by atoms with Crippen LogP contribution in [0.4, 0.5) is 10.6 Å². The van der Waals surface area contributed by atoms with Crippen molar-refractivity contribution in [3.05, 3.63) is 75.5 Å². The van der Waals surface area contributed by atoms with E-state index in [1.807, 2.05) is 6.07 Å². The van der Waals surface area contributed by atoms with E-state index in [0.717, 1.165) is 31.2 Å². The number of hydrogen-bond acceptors (Lipinski definition) is 8. The monoisotopic (exact) mass is 681 g/mol. The van der Waals surface area contributed by atoms with Crippen LogP contribution in [0, 0.1) is 0 Å². The van der Waals surface area contributed by atoms with E-state index in [1.54, 1.807) is 63.4 Å². The topological polar surface area (TPSA) is 137 Å². The molecular formula is C35H41Cl2N5O5. The van der Waals surface area contributed by atoms with Crippen molar-refractivity contribution in [1.29, 1.82) is 0 Å². The summed E-state index contributed by atoms with van der Waals surface area (Å²) in [6, 6.07) is 11.2. The van der Waals surface area contributed by atoms with Crippen molar-refractivity contribution in [2.45, 2.75) is 95.9 Å². The summed E-state index contributed by atoms with van der Waals surface area (Å²) in [6.45, 7) is 5.59. The molecule has 10 nitrogen and oxygen atoms in total. The Kier molecular flexibility index (Phi) is 10.9. The lowest BCUT2D eigenvalue weighted by atomic mass is 9.96. The number of esters is 1. The van der Waals surface area contributed by atoms with Crippen LogP contribution in [0.3, 0.4) is 0 Å². The van der Waals surface area contributed by atoms with E-state index >= 15 is 0 Å². The van der Waals surface area contributed by atoms with Gasteiger partial charge in [-0.25, -0.2) is 19.6 Å². The number of anilines is 1. The van der Waals surface area contributed by atoms with E-state index < -0.39 is 23.7 Å². The van der Waals surface area contributed by atoms with Gasteiger partial charge in [-0.3, -0.25) is 9.69 Å². The maximum absolute atomic E-state index is 13.5. The molecule has 2 atom stereocenters.